The van der Waals surface area contributed by atoms with Gasteiger partial charge in [0, 0.05) is 0 Å². The molecule has 1 N–H and O–H groups in total. The molecule has 0 fully saturated rings. The third kappa shape index (κ3) is 5.29. The molecule has 5 nitrogen and oxygen atoms in total. The second-order valence-corrected chi connectivity index (χ2v) is 7.26. The molecule has 1 aromatic rings. The van der Waals surface area contributed by atoms with E-state index in [1.165, 1.54) is 7.11 Å². The molecule has 0 aromatic heterocycles. The fourth-order valence-corrected chi connectivity index (χ4v) is 2.28. The maximum Gasteiger partial charge on any atom is 0.155 e. The summed E-state index contributed by atoms with van der Waals surface area (Å²) in [6.07, 6.45) is 0. The Morgan fingerprint density at radius 2 is 2.05 bits per heavy atom. The smallest absolute Gasteiger partial charge is 0.155 e. The van der Waals surface area contributed by atoms with Crippen LogP contribution in [-0.2, 0) is 9.84 Å². The SMILES string of the molecule is COc1ccc(OCCS(=O)(=O)C(C)C)c(C#CCO)c1. The molecule has 0 unspecified atom stereocenters. The third-order valence-electron chi connectivity index (χ3n) is 2.83. The Balaban J connectivity index is 2.83. The van der Waals surface area contributed by atoms with Crippen molar-refractivity contribution in [3.63, 3.8) is 0 Å². The normalized spacial score (nSPS) is 10.9. The van der Waals surface area contributed by atoms with Gasteiger partial charge in [0.05, 0.1) is 23.7 Å². The molecular formula is C15H20O5S. The minimum absolute atomic E-state index is 0.0520. The lowest BCUT2D eigenvalue weighted by Crippen LogP contribution is -2.22. The van der Waals surface area contributed by atoms with E-state index in [2.05, 4.69) is 11.8 Å². The van der Waals surface area contributed by atoms with Crippen molar-refractivity contribution >= 4 is 9.84 Å². The zero-order chi connectivity index (χ0) is 15.9. The quantitative estimate of drug-likeness (QED) is 0.800. The summed E-state index contributed by atoms with van der Waals surface area (Å²) in [5.41, 5.74) is 0.547. The molecule has 1 aromatic carbocycles. The predicted molar refractivity (Wildman–Crippen MR) is 81.4 cm³/mol. The average Bonchev–Trinajstić information content (AvgIpc) is 2.45. The lowest BCUT2D eigenvalue weighted by molar-refractivity contribution is 0.338. The maximum absolute atomic E-state index is 11.7. The molecule has 116 valence electrons. The molecule has 0 atom stereocenters. The summed E-state index contributed by atoms with van der Waals surface area (Å²) < 4.78 is 34.0. The molecule has 0 aliphatic carbocycles. The predicted octanol–water partition coefficient (Wildman–Crippen LogP) is 1.24. The Hall–Kier alpha value is -1.71. The van der Waals surface area contributed by atoms with Gasteiger partial charge in [-0.2, -0.15) is 0 Å². The van der Waals surface area contributed by atoms with E-state index in [0.717, 1.165) is 0 Å². The first kappa shape index (κ1) is 17.3. The summed E-state index contributed by atoms with van der Waals surface area (Å²) in [4.78, 5) is 0. The topological polar surface area (TPSA) is 72.8 Å². The Bertz CT molecular complexity index is 623. The van der Waals surface area contributed by atoms with Crippen molar-refractivity contribution in [2.75, 3.05) is 26.1 Å². The fourth-order valence-electron chi connectivity index (χ4n) is 1.50. The number of sulfone groups is 1. The molecule has 21 heavy (non-hydrogen) atoms. The summed E-state index contributed by atoms with van der Waals surface area (Å²) >= 11 is 0. The summed E-state index contributed by atoms with van der Waals surface area (Å²) in [5, 5.41) is 8.34. The second-order valence-electron chi connectivity index (χ2n) is 4.59. The van der Waals surface area contributed by atoms with Crippen molar-refractivity contribution in [3.05, 3.63) is 23.8 Å². The summed E-state index contributed by atoms with van der Waals surface area (Å²) in [5.74, 6) is 6.31. The molecule has 0 heterocycles. The van der Waals surface area contributed by atoms with E-state index in [1.807, 2.05) is 0 Å². The summed E-state index contributed by atoms with van der Waals surface area (Å²) in [6, 6.07) is 5.05. The van der Waals surface area contributed by atoms with Gasteiger partial charge < -0.3 is 14.6 Å². The molecule has 0 radical (unpaired) electrons. The van der Waals surface area contributed by atoms with Crippen molar-refractivity contribution < 1.29 is 23.0 Å². The van der Waals surface area contributed by atoms with Gasteiger partial charge in [-0.25, -0.2) is 8.42 Å². The first-order valence-corrected chi connectivity index (χ1v) is 8.24. The highest BCUT2D eigenvalue weighted by Gasteiger charge is 2.16. The summed E-state index contributed by atoms with van der Waals surface area (Å²) in [6.45, 7) is 3.07. The van der Waals surface area contributed by atoms with Gasteiger partial charge in [0.25, 0.3) is 0 Å². The number of rotatable bonds is 6. The lowest BCUT2D eigenvalue weighted by Gasteiger charge is -2.11. The minimum Gasteiger partial charge on any atom is -0.497 e. The lowest BCUT2D eigenvalue weighted by atomic mass is 10.2. The van der Waals surface area contributed by atoms with Crippen LogP contribution in [0.2, 0.25) is 0 Å². The highest BCUT2D eigenvalue weighted by Crippen LogP contribution is 2.23. The molecule has 0 saturated carbocycles. The zero-order valence-corrected chi connectivity index (χ0v) is 13.2. The van der Waals surface area contributed by atoms with Crippen LogP contribution in [0.4, 0.5) is 0 Å². The Kier molecular flexibility index (Phi) is 6.53. The van der Waals surface area contributed by atoms with Gasteiger partial charge in [-0.15, -0.1) is 0 Å². The van der Waals surface area contributed by atoms with Gasteiger partial charge >= 0.3 is 0 Å². The van der Waals surface area contributed by atoms with E-state index >= 15 is 0 Å². The number of aliphatic hydroxyl groups is 1. The van der Waals surface area contributed by atoms with Gasteiger partial charge in [0.2, 0.25) is 0 Å². The Morgan fingerprint density at radius 3 is 2.62 bits per heavy atom. The molecule has 0 amide bonds. The molecule has 0 aliphatic rings. The van der Waals surface area contributed by atoms with Crippen LogP contribution < -0.4 is 9.47 Å². The van der Waals surface area contributed by atoms with E-state index in [4.69, 9.17) is 14.6 Å². The molecule has 0 bridgehead atoms. The van der Waals surface area contributed by atoms with Gasteiger partial charge in [-0.3, -0.25) is 0 Å². The van der Waals surface area contributed by atoms with Crippen LogP contribution in [0.5, 0.6) is 11.5 Å². The van der Waals surface area contributed by atoms with E-state index in [0.29, 0.717) is 17.1 Å². The largest absolute Gasteiger partial charge is 0.497 e. The number of hydrogen-bond acceptors (Lipinski definition) is 5. The van der Waals surface area contributed by atoms with Crippen LogP contribution in [0.1, 0.15) is 19.4 Å². The molecule has 0 spiro atoms. The zero-order valence-electron chi connectivity index (χ0n) is 12.4. The second kappa shape index (κ2) is 7.91. The van der Waals surface area contributed by atoms with Gasteiger partial charge in [0.1, 0.15) is 24.7 Å². The minimum atomic E-state index is -3.14. The fraction of sp³-hybridized carbons (Fsp3) is 0.467. The number of hydrogen-bond donors (Lipinski definition) is 1. The van der Waals surface area contributed by atoms with E-state index < -0.39 is 15.1 Å². The standard InChI is InChI=1S/C15H20O5S/c1-12(2)21(17,18)10-9-20-15-7-6-14(19-3)11-13(15)5-4-8-16/h6-7,11-12,16H,8-10H2,1-3H3. The van der Waals surface area contributed by atoms with E-state index in [1.54, 1.807) is 32.0 Å². The van der Waals surface area contributed by atoms with Gasteiger partial charge in [-0.05, 0) is 32.0 Å². The van der Waals surface area contributed by atoms with Crippen LogP contribution >= 0.6 is 0 Å². The molecular weight excluding hydrogens is 292 g/mol. The van der Waals surface area contributed by atoms with Gasteiger partial charge in [-0.1, -0.05) is 11.8 Å². The number of aliphatic hydroxyl groups excluding tert-OH is 1. The van der Waals surface area contributed by atoms with Crippen molar-refractivity contribution in [2.24, 2.45) is 0 Å². The summed E-state index contributed by atoms with van der Waals surface area (Å²) in [7, 11) is -1.60. The van der Waals surface area contributed by atoms with Crippen molar-refractivity contribution in [3.8, 4) is 23.3 Å². The van der Waals surface area contributed by atoms with Crippen LogP contribution in [0.25, 0.3) is 0 Å². The number of methoxy groups -OCH3 is 1. The first-order valence-electron chi connectivity index (χ1n) is 6.53. The van der Waals surface area contributed by atoms with Crippen LogP contribution in [0.3, 0.4) is 0 Å². The number of ether oxygens (including phenoxy) is 2. The van der Waals surface area contributed by atoms with Crippen LogP contribution in [0, 0.1) is 11.8 Å². The monoisotopic (exact) mass is 312 g/mol. The molecule has 6 heteroatoms. The van der Waals surface area contributed by atoms with Crippen LogP contribution in [0.15, 0.2) is 18.2 Å². The average molecular weight is 312 g/mol. The van der Waals surface area contributed by atoms with E-state index in [-0.39, 0.29) is 19.0 Å². The number of benzene rings is 1. The van der Waals surface area contributed by atoms with E-state index in [9.17, 15) is 8.42 Å². The molecule has 0 aliphatic heterocycles. The van der Waals surface area contributed by atoms with Crippen LogP contribution in [-0.4, -0.2) is 44.9 Å². The Labute approximate surface area is 125 Å². The van der Waals surface area contributed by atoms with Crippen molar-refractivity contribution in [1.29, 1.82) is 0 Å². The van der Waals surface area contributed by atoms with Crippen molar-refractivity contribution in [2.45, 2.75) is 19.1 Å². The van der Waals surface area contributed by atoms with Crippen molar-refractivity contribution in [1.82, 2.24) is 0 Å². The highest BCUT2D eigenvalue weighted by molar-refractivity contribution is 7.91. The molecule has 0 saturated heterocycles. The Morgan fingerprint density at radius 1 is 1.33 bits per heavy atom. The maximum atomic E-state index is 11.7. The first-order chi connectivity index (χ1) is 9.90. The van der Waals surface area contributed by atoms with Gasteiger partial charge in [0.15, 0.2) is 9.84 Å². The third-order valence-corrected chi connectivity index (χ3v) is 5.00. The molecule has 1 rings (SSSR count). The highest BCUT2D eigenvalue weighted by atomic mass is 32.2.